The molecule has 2 aromatic heterocycles. The van der Waals surface area contributed by atoms with Crippen LogP contribution in [0.4, 0.5) is 0 Å². The van der Waals surface area contributed by atoms with E-state index in [0.29, 0.717) is 0 Å². The number of aromatic nitrogens is 2. The van der Waals surface area contributed by atoms with Gasteiger partial charge in [-0.15, -0.1) is 0 Å². The van der Waals surface area contributed by atoms with Crippen LogP contribution in [0, 0.1) is 0 Å². The number of carbonyl (C=O) groups is 2. The van der Waals surface area contributed by atoms with Gasteiger partial charge in [0, 0.05) is 24.9 Å². The minimum absolute atomic E-state index is 0.249. The van der Waals surface area contributed by atoms with Gasteiger partial charge in [-0.3, -0.25) is 9.36 Å². The number of hydrogen-bond donors (Lipinski definition) is 1. The molecule has 39 heavy (non-hydrogen) atoms. The van der Waals surface area contributed by atoms with Crippen molar-refractivity contribution < 1.29 is 14.3 Å². The van der Waals surface area contributed by atoms with Crippen LogP contribution in [-0.4, -0.2) is 34.6 Å². The second kappa shape index (κ2) is 11.6. The largest absolute Gasteiger partial charge is 0.467 e. The molecule has 1 atom stereocenters. The van der Waals surface area contributed by atoms with Crippen molar-refractivity contribution in [3.8, 4) is 17.1 Å². The molecule has 1 amide bonds. The van der Waals surface area contributed by atoms with E-state index in [1.165, 1.54) is 14.0 Å². The molecule has 0 radical (unpaired) electrons. The molecule has 6 heteroatoms. The Morgan fingerprint density at radius 2 is 1.62 bits per heavy atom. The number of esters is 1. The van der Waals surface area contributed by atoms with Crippen molar-refractivity contribution in [2.45, 2.75) is 19.4 Å². The molecule has 5 aromatic rings. The second-order valence-electron chi connectivity index (χ2n) is 9.18. The summed E-state index contributed by atoms with van der Waals surface area (Å²) in [6, 6.07) is 31.3. The van der Waals surface area contributed by atoms with Gasteiger partial charge in [0.1, 0.15) is 11.9 Å². The van der Waals surface area contributed by atoms with Gasteiger partial charge in [-0.25, -0.2) is 9.78 Å². The fourth-order valence-corrected chi connectivity index (χ4v) is 4.92. The van der Waals surface area contributed by atoms with Crippen molar-refractivity contribution in [2.75, 3.05) is 7.11 Å². The molecular formula is C33H29N3O3. The number of amides is 1. The van der Waals surface area contributed by atoms with E-state index in [-0.39, 0.29) is 12.3 Å². The molecule has 0 fully saturated rings. The molecule has 5 rings (SSSR count). The monoisotopic (exact) mass is 515 g/mol. The standard InChI is InChI=1S/C33H29N3O3/c1-23(37)35-29(33(38)39-2)22-28-27-17-11-16-26(20-19-24-12-5-3-6-13-24)31(27)36(30-18-9-10-21-34-30)32(28)25-14-7-4-8-15-25/h3-21,29H,22H2,1-2H3,(H,35,37)/t29-/m0/s1. The zero-order chi connectivity index (χ0) is 27.2. The predicted octanol–water partition coefficient (Wildman–Crippen LogP) is 6.08. The first-order chi connectivity index (χ1) is 19.1. The Bertz CT molecular complexity index is 1630. The van der Waals surface area contributed by atoms with E-state index in [2.05, 4.69) is 46.3 Å². The van der Waals surface area contributed by atoms with Gasteiger partial charge >= 0.3 is 5.97 Å². The third kappa shape index (κ3) is 5.50. The van der Waals surface area contributed by atoms with Gasteiger partial charge in [0.05, 0.1) is 18.3 Å². The SMILES string of the molecule is COC(=O)[C@H](Cc1c(-c2ccccc2)n(-c2ccccn2)c2c(C=Cc3ccccc3)cccc12)NC(C)=O. The molecule has 0 aliphatic heterocycles. The summed E-state index contributed by atoms with van der Waals surface area (Å²) < 4.78 is 7.21. The van der Waals surface area contributed by atoms with Crippen molar-refractivity contribution in [3.63, 3.8) is 0 Å². The predicted molar refractivity (Wildman–Crippen MR) is 155 cm³/mol. The van der Waals surface area contributed by atoms with Crippen LogP contribution in [0.3, 0.4) is 0 Å². The highest BCUT2D eigenvalue weighted by atomic mass is 16.5. The molecule has 3 aromatic carbocycles. The molecule has 0 aliphatic rings. The Hall–Kier alpha value is -4.97. The van der Waals surface area contributed by atoms with E-state index >= 15 is 0 Å². The summed E-state index contributed by atoms with van der Waals surface area (Å²) >= 11 is 0. The highest BCUT2D eigenvalue weighted by Crippen LogP contribution is 2.39. The summed E-state index contributed by atoms with van der Waals surface area (Å²) in [7, 11) is 1.33. The first kappa shape index (κ1) is 25.7. The number of nitrogens with one attached hydrogen (secondary N) is 1. The molecule has 0 unspecified atom stereocenters. The fourth-order valence-electron chi connectivity index (χ4n) is 4.92. The Morgan fingerprint density at radius 3 is 2.28 bits per heavy atom. The van der Waals surface area contributed by atoms with E-state index in [0.717, 1.165) is 44.7 Å². The minimum atomic E-state index is -0.846. The zero-order valence-corrected chi connectivity index (χ0v) is 21.9. The third-order valence-electron chi connectivity index (χ3n) is 6.58. The summed E-state index contributed by atoms with van der Waals surface area (Å²) in [5.41, 5.74) is 5.84. The lowest BCUT2D eigenvalue weighted by molar-refractivity contribution is -0.144. The van der Waals surface area contributed by atoms with E-state index in [9.17, 15) is 9.59 Å². The number of pyridine rings is 1. The van der Waals surface area contributed by atoms with E-state index < -0.39 is 12.0 Å². The van der Waals surface area contributed by atoms with Crippen LogP contribution >= 0.6 is 0 Å². The van der Waals surface area contributed by atoms with Gasteiger partial charge in [0.25, 0.3) is 0 Å². The number of nitrogens with zero attached hydrogens (tertiary/aromatic N) is 2. The molecular weight excluding hydrogens is 486 g/mol. The van der Waals surface area contributed by atoms with Crippen molar-refractivity contribution >= 4 is 34.9 Å². The molecule has 0 saturated carbocycles. The quantitative estimate of drug-likeness (QED) is 0.201. The van der Waals surface area contributed by atoms with Crippen LogP contribution in [0.2, 0.25) is 0 Å². The smallest absolute Gasteiger partial charge is 0.328 e. The van der Waals surface area contributed by atoms with E-state index in [1.54, 1.807) is 6.20 Å². The number of methoxy groups -OCH3 is 1. The Labute approximate surface area is 227 Å². The Balaban J connectivity index is 1.82. The van der Waals surface area contributed by atoms with Gasteiger partial charge in [-0.05, 0) is 34.4 Å². The molecule has 2 heterocycles. The van der Waals surface area contributed by atoms with Crippen LogP contribution in [0.1, 0.15) is 23.6 Å². The number of benzene rings is 3. The van der Waals surface area contributed by atoms with Gasteiger partial charge in [0.2, 0.25) is 5.91 Å². The second-order valence-corrected chi connectivity index (χ2v) is 9.18. The van der Waals surface area contributed by atoms with Crippen molar-refractivity contribution in [1.82, 2.24) is 14.9 Å². The lowest BCUT2D eigenvalue weighted by atomic mass is 9.97. The van der Waals surface area contributed by atoms with Crippen LogP contribution < -0.4 is 5.32 Å². The van der Waals surface area contributed by atoms with Crippen LogP contribution in [0.15, 0.2) is 103 Å². The van der Waals surface area contributed by atoms with Crippen molar-refractivity contribution in [2.24, 2.45) is 0 Å². The van der Waals surface area contributed by atoms with Gasteiger partial charge in [-0.2, -0.15) is 0 Å². The first-order valence-electron chi connectivity index (χ1n) is 12.8. The number of hydrogen-bond acceptors (Lipinski definition) is 4. The number of fused-ring (bicyclic) bond motifs is 1. The average molecular weight is 516 g/mol. The topological polar surface area (TPSA) is 73.2 Å². The number of rotatable bonds is 8. The number of para-hydroxylation sites is 1. The highest BCUT2D eigenvalue weighted by molar-refractivity contribution is 6.00. The molecule has 0 bridgehead atoms. The molecule has 1 N–H and O–H groups in total. The van der Waals surface area contributed by atoms with Crippen LogP contribution in [0.25, 0.3) is 40.1 Å². The lowest BCUT2D eigenvalue weighted by Gasteiger charge is -2.17. The summed E-state index contributed by atoms with van der Waals surface area (Å²) in [4.78, 5) is 29.5. The summed E-state index contributed by atoms with van der Waals surface area (Å²) in [5, 5.41) is 3.75. The maximum absolute atomic E-state index is 12.8. The van der Waals surface area contributed by atoms with Crippen LogP contribution in [0.5, 0.6) is 0 Å². The number of ether oxygens (including phenoxy) is 1. The summed E-state index contributed by atoms with van der Waals surface area (Å²) in [5.74, 6) is -0.0445. The lowest BCUT2D eigenvalue weighted by Crippen LogP contribution is -2.42. The normalized spacial score (nSPS) is 11.9. The average Bonchev–Trinajstić information content (AvgIpc) is 3.31. The maximum Gasteiger partial charge on any atom is 0.328 e. The van der Waals surface area contributed by atoms with Gasteiger partial charge < -0.3 is 10.1 Å². The summed E-state index contributed by atoms with van der Waals surface area (Å²) in [6.45, 7) is 1.40. The minimum Gasteiger partial charge on any atom is -0.467 e. The fraction of sp³-hybridized carbons (Fsp3) is 0.121. The van der Waals surface area contributed by atoms with Crippen molar-refractivity contribution in [1.29, 1.82) is 0 Å². The molecule has 6 nitrogen and oxygen atoms in total. The van der Waals surface area contributed by atoms with Gasteiger partial charge in [-0.1, -0.05) is 97.1 Å². The summed E-state index contributed by atoms with van der Waals surface area (Å²) in [6.07, 6.45) is 6.20. The third-order valence-corrected chi connectivity index (χ3v) is 6.58. The zero-order valence-electron chi connectivity index (χ0n) is 21.9. The number of carbonyl (C=O) groups excluding carboxylic acids is 2. The highest BCUT2D eigenvalue weighted by Gasteiger charge is 2.28. The molecule has 194 valence electrons. The molecule has 0 spiro atoms. The van der Waals surface area contributed by atoms with Crippen LogP contribution in [-0.2, 0) is 20.7 Å². The first-order valence-corrected chi connectivity index (χ1v) is 12.8. The maximum atomic E-state index is 12.8. The van der Waals surface area contributed by atoms with E-state index in [1.807, 2.05) is 72.8 Å². The molecule has 0 aliphatic carbocycles. The van der Waals surface area contributed by atoms with Crippen molar-refractivity contribution in [3.05, 3.63) is 120 Å². The Kier molecular flexibility index (Phi) is 7.64. The van der Waals surface area contributed by atoms with Gasteiger partial charge in [0.15, 0.2) is 0 Å². The molecule has 0 saturated heterocycles. The van der Waals surface area contributed by atoms with E-state index in [4.69, 9.17) is 9.72 Å². The Morgan fingerprint density at radius 1 is 0.897 bits per heavy atom.